The Balaban J connectivity index is 2.64. The number of ether oxygens (including phenoxy) is 2. The first-order chi connectivity index (χ1) is 9.54. The summed E-state index contributed by atoms with van der Waals surface area (Å²) in [7, 11) is 1.58. The van der Waals surface area contributed by atoms with Crippen LogP contribution >= 0.6 is 0 Å². The number of hydrogen-bond donors (Lipinski definition) is 2. The van der Waals surface area contributed by atoms with E-state index in [9.17, 15) is 4.79 Å². The quantitative estimate of drug-likeness (QED) is 0.764. The third-order valence-electron chi connectivity index (χ3n) is 2.69. The predicted octanol–water partition coefficient (Wildman–Crippen LogP) is 2.02. The molecule has 1 amide bonds. The van der Waals surface area contributed by atoms with Crippen molar-refractivity contribution in [3.63, 3.8) is 0 Å². The second kappa shape index (κ2) is 8.55. The fourth-order valence-electron chi connectivity index (χ4n) is 1.55. The van der Waals surface area contributed by atoms with Crippen LogP contribution in [0.2, 0.25) is 0 Å². The minimum absolute atomic E-state index is 0.234. The molecule has 1 atom stereocenters. The number of anilines is 1. The Hall–Kier alpha value is -1.59. The summed E-state index contributed by atoms with van der Waals surface area (Å²) < 4.78 is 10.6. The zero-order chi connectivity index (χ0) is 15.0. The molecule has 0 aliphatic rings. The van der Waals surface area contributed by atoms with Crippen LogP contribution in [0, 0.1) is 5.92 Å². The summed E-state index contributed by atoms with van der Waals surface area (Å²) in [5, 5.41) is 2.80. The highest BCUT2D eigenvalue weighted by molar-refractivity contribution is 5.95. The zero-order valence-electron chi connectivity index (χ0n) is 12.4. The summed E-state index contributed by atoms with van der Waals surface area (Å²) in [5.74, 6) is 0.846. The largest absolute Gasteiger partial charge is 0.491 e. The summed E-state index contributed by atoms with van der Waals surface area (Å²) >= 11 is 0. The molecule has 0 heterocycles. The standard InChI is InChI=1S/C15H24N2O3/c1-11(2)10-20-14-7-5-4-6-13(14)17-15(18)12(16)8-9-19-3/h4-7,11-12H,8-10,16H2,1-3H3,(H,17,18). The minimum atomic E-state index is -0.590. The number of hydrogen-bond acceptors (Lipinski definition) is 4. The van der Waals surface area contributed by atoms with E-state index in [1.165, 1.54) is 0 Å². The highest BCUT2D eigenvalue weighted by Crippen LogP contribution is 2.24. The zero-order valence-corrected chi connectivity index (χ0v) is 12.4. The summed E-state index contributed by atoms with van der Waals surface area (Å²) in [5.41, 5.74) is 6.43. The highest BCUT2D eigenvalue weighted by Gasteiger charge is 2.15. The van der Waals surface area contributed by atoms with Crippen LogP contribution in [0.1, 0.15) is 20.3 Å². The van der Waals surface area contributed by atoms with Gasteiger partial charge in [0.25, 0.3) is 0 Å². The number of methoxy groups -OCH3 is 1. The van der Waals surface area contributed by atoms with Crippen LogP contribution in [0.5, 0.6) is 5.75 Å². The molecule has 0 radical (unpaired) electrons. The monoisotopic (exact) mass is 280 g/mol. The van der Waals surface area contributed by atoms with E-state index in [-0.39, 0.29) is 5.91 Å². The fourth-order valence-corrected chi connectivity index (χ4v) is 1.55. The number of para-hydroxylation sites is 2. The molecule has 0 saturated carbocycles. The van der Waals surface area contributed by atoms with Crippen LogP contribution in [0.15, 0.2) is 24.3 Å². The molecule has 3 N–H and O–H groups in total. The topological polar surface area (TPSA) is 73.6 Å². The van der Waals surface area contributed by atoms with Gasteiger partial charge in [0, 0.05) is 13.7 Å². The molecule has 5 nitrogen and oxygen atoms in total. The van der Waals surface area contributed by atoms with E-state index in [2.05, 4.69) is 19.2 Å². The summed E-state index contributed by atoms with van der Waals surface area (Å²) in [6.07, 6.45) is 0.483. The van der Waals surface area contributed by atoms with Gasteiger partial charge in [0.15, 0.2) is 0 Å². The average Bonchev–Trinajstić information content (AvgIpc) is 2.43. The van der Waals surface area contributed by atoms with E-state index in [1.807, 2.05) is 18.2 Å². The molecule has 0 aromatic heterocycles. The van der Waals surface area contributed by atoms with E-state index >= 15 is 0 Å². The predicted molar refractivity (Wildman–Crippen MR) is 79.9 cm³/mol. The normalized spacial score (nSPS) is 12.2. The number of nitrogens with two attached hydrogens (primary N) is 1. The van der Waals surface area contributed by atoms with Crippen LogP contribution in [0.25, 0.3) is 0 Å². The molecule has 1 aromatic carbocycles. The van der Waals surface area contributed by atoms with E-state index in [4.69, 9.17) is 15.2 Å². The lowest BCUT2D eigenvalue weighted by atomic mass is 10.2. The molecule has 0 bridgehead atoms. The second-order valence-corrected chi connectivity index (χ2v) is 5.08. The van der Waals surface area contributed by atoms with Crippen molar-refractivity contribution in [2.75, 3.05) is 25.6 Å². The lowest BCUT2D eigenvalue weighted by Gasteiger charge is -2.16. The van der Waals surface area contributed by atoms with Gasteiger partial charge in [0.1, 0.15) is 5.75 Å². The maximum absolute atomic E-state index is 12.0. The van der Waals surface area contributed by atoms with Crippen molar-refractivity contribution in [3.8, 4) is 5.75 Å². The van der Waals surface area contributed by atoms with Gasteiger partial charge in [-0.25, -0.2) is 0 Å². The van der Waals surface area contributed by atoms with E-state index in [1.54, 1.807) is 13.2 Å². The first-order valence-electron chi connectivity index (χ1n) is 6.81. The number of carbonyl (C=O) groups excluding carboxylic acids is 1. The van der Waals surface area contributed by atoms with Crippen LogP contribution < -0.4 is 15.8 Å². The fraction of sp³-hybridized carbons (Fsp3) is 0.533. The Bertz CT molecular complexity index is 421. The summed E-state index contributed by atoms with van der Waals surface area (Å²) in [6.45, 7) is 5.20. The number of amides is 1. The molecule has 0 fully saturated rings. The van der Waals surface area contributed by atoms with Crippen molar-refractivity contribution in [1.29, 1.82) is 0 Å². The summed E-state index contributed by atoms with van der Waals surface area (Å²) in [4.78, 5) is 12.0. The van der Waals surface area contributed by atoms with E-state index in [0.717, 1.165) is 0 Å². The smallest absolute Gasteiger partial charge is 0.241 e. The van der Waals surface area contributed by atoms with Gasteiger partial charge in [0.2, 0.25) is 5.91 Å². The Kier molecular flexibility index (Phi) is 7.04. The van der Waals surface area contributed by atoms with Crippen molar-refractivity contribution in [1.82, 2.24) is 0 Å². The SMILES string of the molecule is COCCC(N)C(=O)Nc1ccccc1OCC(C)C. The third kappa shape index (κ3) is 5.59. The number of nitrogens with one attached hydrogen (secondary N) is 1. The first kappa shape index (κ1) is 16.5. The van der Waals surface area contributed by atoms with Gasteiger partial charge in [-0.3, -0.25) is 4.79 Å². The Morgan fingerprint density at radius 1 is 1.35 bits per heavy atom. The molecule has 0 saturated heterocycles. The van der Waals surface area contributed by atoms with E-state index in [0.29, 0.717) is 37.0 Å². The van der Waals surface area contributed by atoms with Crippen molar-refractivity contribution in [3.05, 3.63) is 24.3 Å². The molecule has 0 aliphatic heterocycles. The minimum Gasteiger partial charge on any atom is -0.491 e. The molecular formula is C15H24N2O3. The van der Waals surface area contributed by atoms with Crippen molar-refractivity contribution < 1.29 is 14.3 Å². The Morgan fingerprint density at radius 2 is 2.05 bits per heavy atom. The molecule has 0 spiro atoms. The van der Waals surface area contributed by atoms with Crippen molar-refractivity contribution in [2.24, 2.45) is 11.7 Å². The van der Waals surface area contributed by atoms with Gasteiger partial charge in [-0.05, 0) is 24.5 Å². The molecular weight excluding hydrogens is 256 g/mol. The molecule has 20 heavy (non-hydrogen) atoms. The van der Waals surface area contributed by atoms with Gasteiger partial charge in [-0.1, -0.05) is 26.0 Å². The van der Waals surface area contributed by atoms with E-state index < -0.39 is 6.04 Å². The van der Waals surface area contributed by atoms with Crippen LogP contribution in [0.3, 0.4) is 0 Å². The molecule has 1 aromatic rings. The highest BCUT2D eigenvalue weighted by atomic mass is 16.5. The lowest BCUT2D eigenvalue weighted by molar-refractivity contribution is -0.117. The summed E-state index contributed by atoms with van der Waals surface area (Å²) in [6, 6.07) is 6.76. The molecule has 1 rings (SSSR count). The first-order valence-corrected chi connectivity index (χ1v) is 6.81. The van der Waals surface area contributed by atoms with Gasteiger partial charge in [-0.2, -0.15) is 0 Å². The van der Waals surface area contributed by atoms with Gasteiger partial charge < -0.3 is 20.5 Å². The van der Waals surface area contributed by atoms with Crippen LogP contribution in [-0.2, 0) is 9.53 Å². The Morgan fingerprint density at radius 3 is 2.70 bits per heavy atom. The maximum Gasteiger partial charge on any atom is 0.241 e. The molecule has 1 unspecified atom stereocenters. The third-order valence-corrected chi connectivity index (χ3v) is 2.69. The number of benzene rings is 1. The number of carbonyl (C=O) groups is 1. The van der Waals surface area contributed by atoms with Gasteiger partial charge in [-0.15, -0.1) is 0 Å². The molecule has 112 valence electrons. The molecule has 0 aliphatic carbocycles. The van der Waals surface area contributed by atoms with Crippen LogP contribution in [-0.4, -0.2) is 32.3 Å². The second-order valence-electron chi connectivity index (χ2n) is 5.08. The van der Waals surface area contributed by atoms with Crippen molar-refractivity contribution in [2.45, 2.75) is 26.3 Å². The Labute approximate surface area is 120 Å². The van der Waals surface area contributed by atoms with Gasteiger partial charge in [0.05, 0.1) is 18.3 Å². The van der Waals surface area contributed by atoms with Gasteiger partial charge >= 0.3 is 0 Å². The van der Waals surface area contributed by atoms with Crippen molar-refractivity contribution >= 4 is 11.6 Å². The van der Waals surface area contributed by atoms with Crippen LogP contribution in [0.4, 0.5) is 5.69 Å². The maximum atomic E-state index is 12.0. The number of rotatable bonds is 8. The average molecular weight is 280 g/mol. The lowest BCUT2D eigenvalue weighted by Crippen LogP contribution is -2.36. The molecule has 5 heteroatoms.